The third kappa shape index (κ3) is 3.77. The van der Waals surface area contributed by atoms with Crippen LogP contribution in [0.15, 0.2) is 12.8 Å². The van der Waals surface area contributed by atoms with Crippen molar-refractivity contribution in [2.45, 2.75) is 31.8 Å². The quantitative estimate of drug-likeness (QED) is 0.464. The van der Waals surface area contributed by atoms with E-state index in [4.69, 9.17) is 9.47 Å². The molecule has 1 radical (unpaired) electrons. The van der Waals surface area contributed by atoms with Gasteiger partial charge >= 0.3 is 0 Å². The summed E-state index contributed by atoms with van der Waals surface area (Å²) in [5.74, 6) is 0. The maximum Gasteiger partial charge on any atom is 0.111 e. The first kappa shape index (κ1) is 9.59. The molecule has 0 aromatic carbocycles. The van der Waals surface area contributed by atoms with Crippen LogP contribution in [0.1, 0.15) is 25.7 Å². The second-order valence-corrected chi connectivity index (χ2v) is 2.97. The van der Waals surface area contributed by atoms with Crippen LogP contribution >= 0.6 is 0 Å². The van der Waals surface area contributed by atoms with Crippen LogP contribution in [0.2, 0.25) is 0 Å². The van der Waals surface area contributed by atoms with E-state index < -0.39 is 0 Å². The molecule has 0 aliphatic heterocycles. The normalized spacial score (nSPS) is 19.0. The smallest absolute Gasteiger partial charge is 0.111 e. The second kappa shape index (κ2) is 6.06. The van der Waals surface area contributed by atoms with Crippen molar-refractivity contribution in [3.8, 4) is 0 Å². The van der Waals surface area contributed by atoms with Crippen LogP contribution in [0.5, 0.6) is 0 Å². The minimum atomic E-state index is 0.461. The Kier molecular flexibility index (Phi) is 4.85. The Labute approximate surface area is 74.6 Å². The Morgan fingerprint density at radius 3 is 2.75 bits per heavy atom. The fraction of sp³-hybridized carbons (Fsp3) is 0.700. The van der Waals surface area contributed by atoms with Gasteiger partial charge in [-0.2, -0.15) is 0 Å². The summed E-state index contributed by atoms with van der Waals surface area (Å²) in [6.45, 7) is 4.78. The maximum absolute atomic E-state index is 5.59. The van der Waals surface area contributed by atoms with Gasteiger partial charge in [-0.15, -0.1) is 0 Å². The molecule has 1 aliphatic carbocycles. The van der Waals surface area contributed by atoms with E-state index in [2.05, 4.69) is 13.0 Å². The van der Waals surface area contributed by atoms with Crippen molar-refractivity contribution in [2.24, 2.45) is 0 Å². The molecule has 69 valence electrons. The molecule has 0 unspecified atom stereocenters. The zero-order valence-electron chi connectivity index (χ0n) is 7.50. The molecule has 2 heteroatoms. The highest BCUT2D eigenvalue weighted by atomic mass is 16.5. The van der Waals surface area contributed by atoms with Gasteiger partial charge in [0.1, 0.15) is 6.61 Å². The van der Waals surface area contributed by atoms with Gasteiger partial charge in [0.05, 0.1) is 19.0 Å². The molecule has 0 bridgehead atoms. The van der Waals surface area contributed by atoms with E-state index in [9.17, 15) is 0 Å². The van der Waals surface area contributed by atoms with Crippen molar-refractivity contribution >= 4 is 0 Å². The van der Waals surface area contributed by atoms with Gasteiger partial charge in [0.15, 0.2) is 0 Å². The molecule has 0 N–H and O–H groups in total. The monoisotopic (exact) mass is 169 g/mol. The van der Waals surface area contributed by atoms with Crippen LogP contribution in [0.4, 0.5) is 0 Å². The Morgan fingerprint density at radius 1 is 1.33 bits per heavy atom. The minimum Gasteiger partial charge on any atom is -0.499 e. The van der Waals surface area contributed by atoms with E-state index in [-0.39, 0.29) is 0 Å². The Bertz CT molecular complexity index is 117. The summed E-state index contributed by atoms with van der Waals surface area (Å²) in [7, 11) is 0. The molecular formula is C10H17O2. The lowest BCUT2D eigenvalue weighted by molar-refractivity contribution is 0.0111. The maximum atomic E-state index is 5.59. The molecule has 0 aromatic heterocycles. The van der Waals surface area contributed by atoms with Gasteiger partial charge in [-0.05, 0) is 32.1 Å². The van der Waals surface area contributed by atoms with Gasteiger partial charge in [0, 0.05) is 0 Å². The second-order valence-electron chi connectivity index (χ2n) is 2.97. The first-order valence-electron chi connectivity index (χ1n) is 4.59. The summed E-state index contributed by atoms with van der Waals surface area (Å²) >= 11 is 0. The molecule has 0 aromatic rings. The fourth-order valence-corrected chi connectivity index (χ4v) is 1.41. The molecule has 0 saturated heterocycles. The molecule has 1 fully saturated rings. The van der Waals surface area contributed by atoms with Crippen LogP contribution in [0, 0.1) is 6.42 Å². The van der Waals surface area contributed by atoms with Gasteiger partial charge in [-0.3, -0.25) is 0 Å². The van der Waals surface area contributed by atoms with Crippen LogP contribution in [0.3, 0.4) is 0 Å². The Hall–Kier alpha value is -0.500. The average molecular weight is 169 g/mol. The van der Waals surface area contributed by atoms with E-state index >= 15 is 0 Å². The Morgan fingerprint density at radius 2 is 2.08 bits per heavy atom. The highest BCUT2D eigenvalue weighted by molar-refractivity contribution is 4.76. The van der Waals surface area contributed by atoms with Crippen molar-refractivity contribution in [3.05, 3.63) is 19.3 Å². The van der Waals surface area contributed by atoms with Crippen molar-refractivity contribution in [1.82, 2.24) is 0 Å². The molecule has 0 amide bonds. The molecular weight excluding hydrogens is 152 g/mol. The molecule has 2 nitrogen and oxygen atoms in total. The molecule has 1 aliphatic rings. The van der Waals surface area contributed by atoms with E-state index in [1.165, 1.54) is 31.9 Å². The highest BCUT2D eigenvalue weighted by Crippen LogP contribution is 2.19. The zero-order valence-corrected chi connectivity index (χ0v) is 7.50. The summed E-state index contributed by atoms with van der Waals surface area (Å²) < 4.78 is 10.5. The first-order valence-corrected chi connectivity index (χ1v) is 4.59. The van der Waals surface area contributed by atoms with Gasteiger partial charge in [-0.1, -0.05) is 6.58 Å². The van der Waals surface area contributed by atoms with E-state index in [1.807, 2.05) is 0 Å². The standard InChI is InChI=1S/C10H17O2/c1-2-11-8-9-12-10-6-4-3-5-7-10/h2-3,10H,1,4-9H2. The lowest BCUT2D eigenvalue weighted by Crippen LogP contribution is -2.18. The van der Waals surface area contributed by atoms with Crippen molar-refractivity contribution in [1.29, 1.82) is 0 Å². The number of hydrogen-bond acceptors (Lipinski definition) is 2. The molecule has 0 heterocycles. The van der Waals surface area contributed by atoms with Gasteiger partial charge in [-0.25, -0.2) is 0 Å². The first-order chi connectivity index (χ1) is 5.93. The summed E-state index contributed by atoms with van der Waals surface area (Å²) in [5.41, 5.74) is 0. The summed E-state index contributed by atoms with van der Waals surface area (Å²) in [6.07, 6.45) is 9.00. The van der Waals surface area contributed by atoms with Crippen LogP contribution in [-0.4, -0.2) is 19.3 Å². The van der Waals surface area contributed by atoms with E-state index in [1.54, 1.807) is 0 Å². The number of ether oxygens (including phenoxy) is 2. The number of rotatable bonds is 5. The molecule has 1 rings (SSSR count). The van der Waals surface area contributed by atoms with E-state index in [0.717, 1.165) is 0 Å². The largest absolute Gasteiger partial charge is 0.499 e. The highest BCUT2D eigenvalue weighted by Gasteiger charge is 2.12. The molecule has 1 saturated carbocycles. The van der Waals surface area contributed by atoms with Gasteiger partial charge < -0.3 is 9.47 Å². The molecule has 12 heavy (non-hydrogen) atoms. The topological polar surface area (TPSA) is 18.5 Å². The molecule has 0 atom stereocenters. The Balaban J connectivity index is 1.94. The SMILES string of the molecule is C=COCCOC1CC[CH]CC1. The van der Waals surface area contributed by atoms with Gasteiger partial charge in [0.25, 0.3) is 0 Å². The summed E-state index contributed by atoms with van der Waals surface area (Å²) in [5, 5.41) is 0. The lowest BCUT2D eigenvalue weighted by Gasteiger charge is -2.21. The third-order valence-electron chi connectivity index (χ3n) is 2.06. The van der Waals surface area contributed by atoms with Crippen molar-refractivity contribution in [2.75, 3.05) is 13.2 Å². The third-order valence-corrected chi connectivity index (χ3v) is 2.06. The average Bonchev–Trinajstić information content (AvgIpc) is 2.14. The van der Waals surface area contributed by atoms with Crippen molar-refractivity contribution < 1.29 is 9.47 Å². The van der Waals surface area contributed by atoms with Crippen molar-refractivity contribution in [3.63, 3.8) is 0 Å². The number of hydrogen-bond donors (Lipinski definition) is 0. The lowest BCUT2D eigenvalue weighted by atomic mass is 9.98. The van der Waals surface area contributed by atoms with Crippen LogP contribution < -0.4 is 0 Å². The predicted octanol–water partition coefficient (Wildman–Crippen LogP) is 2.31. The fourth-order valence-electron chi connectivity index (χ4n) is 1.41. The van der Waals surface area contributed by atoms with Crippen LogP contribution in [0.25, 0.3) is 0 Å². The summed E-state index contributed by atoms with van der Waals surface area (Å²) in [4.78, 5) is 0. The predicted molar refractivity (Wildman–Crippen MR) is 48.7 cm³/mol. The minimum absolute atomic E-state index is 0.461. The van der Waals surface area contributed by atoms with Gasteiger partial charge in [0.2, 0.25) is 0 Å². The molecule has 0 spiro atoms. The van der Waals surface area contributed by atoms with Crippen LogP contribution in [-0.2, 0) is 9.47 Å². The zero-order chi connectivity index (χ0) is 8.65. The van der Waals surface area contributed by atoms with E-state index in [0.29, 0.717) is 19.3 Å². The summed E-state index contributed by atoms with van der Waals surface area (Å²) in [6, 6.07) is 0.